The molecule has 5 nitrogen and oxygen atoms in total. The third kappa shape index (κ3) is 6.34. The van der Waals surface area contributed by atoms with E-state index >= 15 is 0 Å². The Morgan fingerprint density at radius 3 is 2.47 bits per heavy atom. The summed E-state index contributed by atoms with van der Waals surface area (Å²) in [5.41, 5.74) is 3.34. The van der Waals surface area contributed by atoms with Gasteiger partial charge in [-0.25, -0.2) is 4.79 Å². The highest BCUT2D eigenvalue weighted by molar-refractivity contribution is 7.15. The van der Waals surface area contributed by atoms with Crippen LogP contribution in [-0.4, -0.2) is 32.4 Å². The fraction of sp³-hybridized carbons (Fsp3) is 0.346. The number of methoxy groups -OCH3 is 1. The van der Waals surface area contributed by atoms with Crippen LogP contribution in [0.2, 0.25) is 0 Å². The van der Waals surface area contributed by atoms with Crippen LogP contribution in [0.3, 0.4) is 0 Å². The summed E-state index contributed by atoms with van der Waals surface area (Å²) >= 11 is 1.73. The van der Waals surface area contributed by atoms with Crippen LogP contribution in [0.5, 0.6) is 11.5 Å². The highest BCUT2D eigenvalue weighted by atomic mass is 32.1. The van der Waals surface area contributed by atoms with Crippen molar-refractivity contribution in [2.75, 3.05) is 20.3 Å². The molecule has 0 amide bonds. The van der Waals surface area contributed by atoms with E-state index in [0.29, 0.717) is 26.2 Å². The third-order valence-electron chi connectivity index (χ3n) is 5.01. The molecule has 0 N–H and O–H groups in total. The summed E-state index contributed by atoms with van der Waals surface area (Å²) < 4.78 is 22.0. The quantitative estimate of drug-likeness (QED) is 0.342. The van der Waals surface area contributed by atoms with Gasteiger partial charge in [0.15, 0.2) is 6.10 Å². The minimum Gasteiger partial charge on any atom is -0.497 e. The number of hydrogen-bond donors (Lipinski definition) is 0. The van der Waals surface area contributed by atoms with Gasteiger partial charge in [-0.1, -0.05) is 24.3 Å². The molecule has 0 aliphatic rings. The fourth-order valence-electron chi connectivity index (χ4n) is 3.31. The lowest BCUT2D eigenvalue weighted by Crippen LogP contribution is -2.28. The number of thiophene rings is 1. The molecule has 2 aromatic carbocycles. The average molecular weight is 455 g/mol. The molecule has 0 bridgehead atoms. The largest absolute Gasteiger partial charge is 0.497 e. The summed E-state index contributed by atoms with van der Waals surface area (Å²) in [5.74, 6) is 1.31. The van der Waals surface area contributed by atoms with E-state index in [0.717, 1.165) is 22.6 Å². The SMILES string of the molecule is CCOC(=O)C(Cc1ccc(OCc2sc(-c3cccc(OC)c3)cc2C)cc1)OCC. The Morgan fingerprint density at radius 2 is 1.78 bits per heavy atom. The van der Waals surface area contributed by atoms with Gasteiger partial charge in [-0.3, -0.25) is 0 Å². The van der Waals surface area contributed by atoms with Gasteiger partial charge in [0.1, 0.15) is 18.1 Å². The lowest BCUT2D eigenvalue weighted by molar-refractivity contribution is -0.156. The summed E-state index contributed by atoms with van der Waals surface area (Å²) in [6, 6.07) is 18.0. The van der Waals surface area contributed by atoms with Crippen molar-refractivity contribution in [1.82, 2.24) is 0 Å². The van der Waals surface area contributed by atoms with E-state index in [2.05, 4.69) is 19.1 Å². The van der Waals surface area contributed by atoms with Crippen LogP contribution in [0.4, 0.5) is 0 Å². The highest BCUT2D eigenvalue weighted by Crippen LogP contribution is 2.33. The molecule has 0 saturated carbocycles. The van der Waals surface area contributed by atoms with Gasteiger partial charge in [-0.05, 0) is 67.8 Å². The van der Waals surface area contributed by atoms with Crippen LogP contribution in [0.15, 0.2) is 54.6 Å². The first-order valence-electron chi connectivity index (χ1n) is 10.8. The Labute approximate surface area is 193 Å². The summed E-state index contributed by atoms with van der Waals surface area (Å²) in [6.45, 7) is 7.08. The van der Waals surface area contributed by atoms with Crippen molar-refractivity contribution >= 4 is 17.3 Å². The van der Waals surface area contributed by atoms with E-state index in [1.807, 2.05) is 49.4 Å². The van der Waals surface area contributed by atoms with E-state index < -0.39 is 6.10 Å². The maximum atomic E-state index is 12.1. The van der Waals surface area contributed by atoms with E-state index in [1.165, 1.54) is 15.3 Å². The second-order valence-corrected chi connectivity index (χ2v) is 8.42. The minimum absolute atomic E-state index is 0.324. The highest BCUT2D eigenvalue weighted by Gasteiger charge is 2.20. The number of rotatable bonds is 11. The van der Waals surface area contributed by atoms with Crippen LogP contribution >= 0.6 is 11.3 Å². The van der Waals surface area contributed by atoms with E-state index in [4.69, 9.17) is 18.9 Å². The predicted molar refractivity (Wildman–Crippen MR) is 128 cm³/mol. The Kier molecular flexibility index (Phi) is 8.71. The van der Waals surface area contributed by atoms with Gasteiger partial charge >= 0.3 is 5.97 Å². The lowest BCUT2D eigenvalue weighted by Gasteiger charge is -2.15. The Morgan fingerprint density at radius 1 is 1.00 bits per heavy atom. The standard InChI is InChI=1S/C26H30O5S/c1-5-29-23(26(27)30-6-2)15-19-10-12-21(13-11-19)31-17-25-18(3)14-24(32-25)20-8-7-9-22(16-20)28-4/h7-14,16,23H,5-6,15,17H2,1-4H3. The Hall–Kier alpha value is -2.83. The number of ether oxygens (including phenoxy) is 4. The molecule has 170 valence electrons. The molecule has 3 rings (SSSR count). The Balaban J connectivity index is 1.61. The summed E-state index contributed by atoms with van der Waals surface area (Å²) in [5, 5.41) is 0. The molecule has 32 heavy (non-hydrogen) atoms. The summed E-state index contributed by atoms with van der Waals surface area (Å²) in [4.78, 5) is 14.4. The number of hydrogen-bond acceptors (Lipinski definition) is 6. The molecule has 3 aromatic rings. The van der Waals surface area contributed by atoms with Gasteiger partial charge in [0.05, 0.1) is 13.7 Å². The summed E-state index contributed by atoms with van der Waals surface area (Å²) in [6.07, 6.45) is -0.114. The van der Waals surface area contributed by atoms with E-state index in [1.54, 1.807) is 25.4 Å². The zero-order valence-electron chi connectivity index (χ0n) is 19.1. The topological polar surface area (TPSA) is 54.0 Å². The third-order valence-corrected chi connectivity index (χ3v) is 6.27. The molecule has 0 radical (unpaired) electrons. The monoisotopic (exact) mass is 454 g/mol. The molecule has 0 fully saturated rings. The zero-order chi connectivity index (χ0) is 22.9. The number of esters is 1. The number of carbonyl (C=O) groups is 1. The van der Waals surface area contributed by atoms with Crippen molar-refractivity contribution in [2.45, 2.75) is 39.9 Å². The molecule has 0 aliphatic carbocycles. The van der Waals surface area contributed by atoms with Gasteiger partial charge in [-0.15, -0.1) is 11.3 Å². The van der Waals surface area contributed by atoms with E-state index in [-0.39, 0.29) is 5.97 Å². The second-order valence-electron chi connectivity index (χ2n) is 7.28. The van der Waals surface area contributed by atoms with E-state index in [9.17, 15) is 4.79 Å². The van der Waals surface area contributed by atoms with Crippen LogP contribution in [0, 0.1) is 6.92 Å². The smallest absolute Gasteiger partial charge is 0.335 e. The molecular formula is C26H30O5S. The molecule has 0 aliphatic heterocycles. The van der Waals surface area contributed by atoms with Gasteiger partial charge in [0.2, 0.25) is 0 Å². The zero-order valence-corrected chi connectivity index (χ0v) is 19.9. The van der Waals surface area contributed by atoms with Crippen molar-refractivity contribution < 1.29 is 23.7 Å². The van der Waals surface area contributed by atoms with Crippen LogP contribution in [0.25, 0.3) is 10.4 Å². The van der Waals surface area contributed by atoms with Crippen LogP contribution in [0.1, 0.15) is 29.9 Å². The molecule has 0 saturated heterocycles. The van der Waals surface area contributed by atoms with Crippen molar-refractivity contribution in [1.29, 1.82) is 0 Å². The molecule has 1 aromatic heterocycles. The maximum absolute atomic E-state index is 12.1. The molecule has 0 spiro atoms. The first-order valence-corrected chi connectivity index (χ1v) is 11.6. The van der Waals surface area contributed by atoms with Gasteiger partial charge in [-0.2, -0.15) is 0 Å². The lowest BCUT2D eigenvalue weighted by atomic mass is 10.1. The molecular weight excluding hydrogens is 424 g/mol. The van der Waals surface area contributed by atoms with Crippen molar-refractivity contribution in [3.63, 3.8) is 0 Å². The number of benzene rings is 2. The van der Waals surface area contributed by atoms with Crippen LogP contribution in [-0.2, 0) is 27.3 Å². The van der Waals surface area contributed by atoms with Gasteiger partial charge < -0.3 is 18.9 Å². The predicted octanol–water partition coefficient (Wildman–Crippen LogP) is 5.82. The number of aryl methyl sites for hydroxylation is 1. The van der Waals surface area contributed by atoms with Crippen molar-refractivity contribution in [3.05, 3.63) is 70.6 Å². The molecule has 1 atom stereocenters. The average Bonchev–Trinajstić information content (AvgIpc) is 3.19. The van der Waals surface area contributed by atoms with Crippen LogP contribution < -0.4 is 9.47 Å². The van der Waals surface area contributed by atoms with Crippen molar-refractivity contribution in [3.8, 4) is 21.9 Å². The van der Waals surface area contributed by atoms with Crippen molar-refractivity contribution in [2.24, 2.45) is 0 Å². The van der Waals surface area contributed by atoms with Gasteiger partial charge in [0, 0.05) is 22.8 Å². The van der Waals surface area contributed by atoms with Gasteiger partial charge in [0.25, 0.3) is 0 Å². The first kappa shape index (κ1) is 23.8. The first-order chi connectivity index (χ1) is 15.5. The Bertz CT molecular complexity index is 1010. The molecule has 1 heterocycles. The molecule has 1 unspecified atom stereocenters. The summed E-state index contributed by atoms with van der Waals surface area (Å²) in [7, 11) is 1.68. The fourth-order valence-corrected chi connectivity index (χ4v) is 4.40. The normalized spacial score (nSPS) is 11.8. The molecule has 6 heteroatoms. The maximum Gasteiger partial charge on any atom is 0.335 e. The number of carbonyl (C=O) groups excluding carboxylic acids is 1. The second kappa shape index (κ2) is 11.7. The minimum atomic E-state index is -0.587.